The van der Waals surface area contributed by atoms with E-state index in [0.29, 0.717) is 44.5 Å². The minimum Gasteiger partial charge on any atom is -0.378 e. The number of benzene rings is 2. The molecule has 1 amide bonds. The molecule has 2 aliphatic rings. The summed E-state index contributed by atoms with van der Waals surface area (Å²) in [5.74, 6) is 1.27. The van der Waals surface area contributed by atoms with Gasteiger partial charge in [0.15, 0.2) is 0 Å². The number of carbonyl (C=O) groups is 1. The molecule has 0 atom stereocenters. The molecule has 7 nitrogen and oxygen atoms in total. The van der Waals surface area contributed by atoms with Crippen LogP contribution in [0.25, 0.3) is 0 Å². The van der Waals surface area contributed by atoms with Crippen LogP contribution in [0.15, 0.2) is 60.7 Å². The van der Waals surface area contributed by atoms with Gasteiger partial charge in [0.1, 0.15) is 11.5 Å². The zero-order chi connectivity index (χ0) is 22.8. The summed E-state index contributed by atoms with van der Waals surface area (Å²) in [6.07, 6.45) is 0. The van der Waals surface area contributed by atoms with Crippen molar-refractivity contribution in [3.05, 3.63) is 83.0 Å². The molecule has 0 bridgehead atoms. The summed E-state index contributed by atoms with van der Waals surface area (Å²) in [6, 6.07) is 20.6. The van der Waals surface area contributed by atoms with E-state index in [1.165, 1.54) is 0 Å². The largest absolute Gasteiger partial charge is 0.378 e. The van der Waals surface area contributed by atoms with Gasteiger partial charge in [0.05, 0.1) is 25.8 Å². The van der Waals surface area contributed by atoms with Crippen molar-refractivity contribution >= 4 is 17.7 Å². The van der Waals surface area contributed by atoms with Gasteiger partial charge >= 0.3 is 0 Å². The number of morpholine rings is 1. The van der Waals surface area contributed by atoms with Gasteiger partial charge in [-0.05, 0) is 25.0 Å². The van der Waals surface area contributed by atoms with Crippen molar-refractivity contribution in [1.82, 2.24) is 14.9 Å². The van der Waals surface area contributed by atoms with Gasteiger partial charge in [-0.3, -0.25) is 4.79 Å². The maximum Gasteiger partial charge on any atom is 0.273 e. The Morgan fingerprint density at radius 2 is 1.52 bits per heavy atom. The number of nitrogens with one attached hydrogen (secondary N) is 1. The third-order valence-electron chi connectivity index (χ3n) is 6.25. The van der Waals surface area contributed by atoms with E-state index in [1.54, 1.807) is 0 Å². The van der Waals surface area contributed by atoms with E-state index in [-0.39, 0.29) is 18.0 Å². The fourth-order valence-electron chi connectivity index (χ4n) is 4.41. The Kier molecular flexibility index (Phi) is 5.96. The summed E-state index contributed by atoms with van der Waals surface area (Å²) in [7, 11) is 0. The zero-order valence-electron chi connectivity index (χ0n) is 19.1. The molecule has 0 aliphatic carbocycles. The molecule has 0 saturated carbocycles. The van der Waals surface area contributed by atoms with Crippen molar-refractivity contribution in [3.63, 3.8) is 0 Å². The first-order valence-electron chi connectivity index (χ1n) is 11.5. The lowest BCUT2D eigenvalue weighted by Crippen LogP contribution is -2.38. The Bertz CT molecular complexity index is 1070. The summed E-state index contributed by atoms with van der Waals surface area (Å²) >= 11 is 0. The minimum absolute atomic E-state index is 0.0315. The van der Waals surface area contributed by atoms with Crippen LogP contribution in [0.3, 0.4) is 0 Å². The second-order valence-electron chi connectivity index (χ2n) is 8.72. The van der Waals surface area contributed by atoms with Gasteiger partial charge < -0.3 is 19.9 Å². The van der Waals surface area contributed by atoms with Crippen LogP contribution in [0.4, 0.5) is 11.8 Å². The van der Waals surface area contributed by atoms with Gasteiger partial charge in [0.25, 0.3) is 5.91 Å². The molecule has 1 saturated heterocycles. The molecule has 3 aromatic rings. The van der Waals surface area contributed by atoms with Gasteiger partial charge in [-0.2, -0.15) is 4.98 Å². The van der Waals surface area contributed by atoms with Crippen molar-refractivity contribution in [2.24, 2.45) is 0 Å². The third-order valence-corrected chi connectivity index (χ3v) is 6.25. The average Bonchev–Trinajstić information content (AvgIpc) is 3.21. The Hall–Kier alpha value is -3.45. The molecule has 3 heterocycles. The summed E-state index contributed by atoms with van der Waals surface area (Å²) in [5.41, 5.74) is 3.63. The molecule has 0 unspecified atom stereocenters. The Morgan fingerprint density at radius 1 is 0.909 bits per heavy atom. The highest BCUT2D eigenvalue weighted by Crippen LogP contribution is 2.34. The number of fused-ring (bicyclic) bond motifs is 1. The lowest BCUT2D eigenvalue weighted by atomic mass is 9.98. The first-order chi connectivity index (χ1) is 16.1. The molecule has 0 radical (unpaired) electrons. The van der Waals surface area contributed by atoms with E-state index in [1.807, 2.05) is 55.1 Å². The zero-order valence-corrected chi connectivity index (χ0v) is 19.1. The molecule has 5 rings (SSSR count). The van der Waals surface area contributed by atoms with Crippen molar-refractivity contribution in [2.45, 2.75) is 32.5 Å². The Morgan fingerprint density at radius 3 is 2.09 bits per heavy atom. The van der Waals surface area contributed by atoms with Gasteiger partial charge in [0, 0.05) is 24.7 Å². The van der Waals surface area contributed by atoms with Crippen LogP contribution in [0, 0.1) is 0 Å². The van der Waals surface area contributed by atoms with Crippen LogP contribution in [0.1, 0.15) is 47.1 Å². The third kappa shape index (κ3) is 4.28. The fraction of sp³-hybridized carbons (Fsp3) is 0.346. The van der Waals surface area contributed by atoms with Crippen LogP contribution < -0.4 is 10.2 Å². The Labute approximate surface area is 194 Å². The number of carbonyl (C=O) groups excluding carboxylic acids is 1. The maximum atomic E-state index is 13.2. The number of aromatic nitrogens is 2. The molecule has 33 heavy (non-hydrogen) atoms. The van der Waals surface area contributed by atoms with E-state index < -0.39 is 0 Å². The normalized spacial score (nSPS) is 15.9. The van der Waals surface area contributed by atoms with Crippen LogP contribution in [0.5, 0.6) is 0 Å². The molecule has 2 aromatic carbocycles. The van der Waals surface area contributed by atoms with Gasteiger partial charge in [-0.25, -0.2) is 4.98 Å². The molecule has 0 spiro atoms. The molecule has 7 heteroatoms. The first-order valence-corrected chi connectivity index (χ1v) is 11.5. The van der Waals surface area contributed by atoms with E-state index in [2.05, 4.69) is 34.5 Å². The smallest absolute Gasteiger partial charge is 0.273 e. The molecule has 1 aromatic heterocycles. The number of anilines is 2. The topological polar surface area (TPSA) is 70.6 Å². The number of nitrogens with zero attached hydrogens (tertiary/aromatic N) is 4. The van der Waals surface area contributed by atoms with E-state index >= 15 is 0 Å². The molecular weight excluding hydrogens is 414 g/mol. The lowest BCUT2D eigenvalue weighted by molar-refractivity contribution is 0.0726. The second-order valence-corrected chi connectivity index (χ2v) is 8.72. The predicted molar refractivity (Wildman–Crippen MR) is 128 cm³/mol. The predicted octanol–water partition coefficient (Wildman–Crippen LogP) is 3.88. The lowest BCUT2D eigenvalue weighted by Gasteiger charge is -2.28. The van der Waals surface area contributed by atoms with Crippen molar-refractivity contribution in [1.29, 1.82) is 0 Å². The first kappa shape index (κ1) is 21.4. The van der Waals surface area contributed by atoms with Gasteiger partial charge in [0.2, 0.25) is 5.95 Å². The monoisotopic (exact) mass is 443 g/mol. The molecule has 170 valence electrons. The molecular formula is C26H29N5O2. The number of ether oxygens (including phenoxy) is 1. The number of hydrogen-bond acceptors (Lipinski definition) is 6. The van der Waals surface area contributed by atoms with Crippen LogP contribution in [-0.2, 0) is 11.3 Å². The van der Waals surface area contributed by atoms with Gasteiger partial charge in [-0.15, -0.1) is 0 Å². The molecule has 1 N–H and O–H groups in total. The van der Waals surface area contributed by atoms with Crippen LogP contribution in [-0.4, -0.2) is 53.1 Å². The van der Waals surface area contributed by atoms with Gasteiger partial charge in [-0.1, -0.05) is 60.7 Å². The highest BCUT2D eigenvalue weighted by Gasteiger charge is 2.35. The summed E-state index contributed by atoms with van der Waals surface area (Å²) in [6.45, 7) is 7.25. The second kappa shape index (κ2) is 9.19. The average molecular weight is 444 g/mol. The number of amides is 1. The maximum absolute atomic E-state index is 13.2. The van der Waals surface area contributed by atoms with Crippen LogP contribution >= 0.6 is 0 Å². The molecule has 1 fully saturated rings. The number of rotatable bonds is 6. The van der Waals surface area contributed by atoms with E-state index in [4.69, 9.17) is 14.7 Å². The quantitative estimate of drug-likeness (QED) is 0.624. The van der Waals surface area contributed by atoms with E-state index in [9.17, 15) is 4.79 Å². The summed E-state index contributed by atoms with van der Waals surface area (Å²) in [4.78, 5) is 26.9. The summed E-state index contributed by atoms with van der Waals surface area (Å²) in [5, 5.41) is 3.68. The molecule has 2 aliphatic heterocycles. The Balaban J connectivity index is 1.59. The van der Waals surface area contributed by atoms with Crippen molar-refractivity contribution in [3.8, 4) is 0 Å². The van der Waals surface area contributed by atoms with Crippen LogP contribution in [0.2, 0.25) is 0 Å². The van der Waals surface area contributed by atoms with Crippen molar-refractivity contribution in [2.75, 3.05) is 36.5 Å². The number of hydrogen-bond donors (Lipinski definition) is 1. The van der Waals surface area contributed by atoms with E-state index in [0.717, 1.165) is 22.5 Å². The SMILES string of the molecule is CC(C)N1Cc2c(NC(c3ccccc3)c3ccccc3)nc(N3CCOCC3)nc2C1=O. The van der Waals surface area contributed by atoms with Crippen molar-refractivity contribution < 1.29 is 9.53 Å². The standard InChI is InChI=1S/C26H29N5O2/c1-18(2)31-17-21-23(25(31)32)28-26(30-13-15-33-16-14-30)29-24(21)27-22(19-9-5-3-6-10-19)20-11-7-4-8-12-20/h3-12,18,22H,13-17H2,1-2H3,(H,27,28,29). The highest BCUT2D eigenvalue weighted by molar-refractivity contribution is 5.98. The minimum atomic E-state index is -0.104. The highest BCUT2D eigenvalue weighted by atomic mass is 16.5. The fourth-order valence-corrected chi connectivity index (χ4v) is 4.41. The summed E-state index contributed by atoms with van der Waals surface area (Å²) < 4.78 is 5.51.